The molecule has 0 atom stereocenters. The molecule has 2 amide bonds. The number of H-pyrrole nitrogens is 1. The summed E-state index contributed by atoms with van der Waals surface area (Å²) in [7, 11) is 0. The molecule has 0 saturated heterocycles. The third-order valence-electron chi connectivity index (χ3n) is 4.51. The molecule has 2 aromatic heterocycles. The highest BCUT2D eigenvalue weighted by Gasteiger charge is 2.38. The number of carboxylic acids is 1. The Kier molecular flexibility index (Phi) is 6.34. The monoisotopic (exact) mass is 446 g/mol. The number of alkyl halides is 3. The predicted octanol–water partition coefficient (Wildman–Crippen LogP) is 1.23. The maximum Gasteiger partial charge on any atom is 0.490 e. The van der Waals surface area contributed by atoms with Crippen LogP contribution in [0, 0.1) is 5.92 Å². The summed E-state index contributed by atoms with van der Waals surface area (Å²) in [6, 6.07) is 0. The summed E-state index contributed by atoms with van der Waals surface area (Å²) in [5.41, 5.74) is 2.49. The highest BCUT2D eigenvalue weighted by atomic mass is 32.1. The van der Waals surface area contributed by atoms with E-state index in [1.54, 1.807) is 10.3 Å². The minimum Gasteiger partial charge on any atom is -0.475 e. The van der Waals surface area contributed by atoms with Gasteiger partial charge in [-0.3, -0.25) is 14.7 Å². The van der Waals surface area contributed by atoms with Crippen molar-refractivity contribution in [3.05, 3.63) is 28.0 Å². The van der Waals surface area contributed by atoms with Gasteiger partial charge in [-0.15, -0.1) is 5.10 Å². The molecule has 3 heterocycles. The molecule has 2 aliphatic rings. The minimum absolute atomic E-state index is 0.157. The van der Waals surface area contributed by atoms with Crippen LogP contribution < -0.4 is 5.32 Å². The van der Waals surface area contributed by atoms with E-state index in [4.69, 9.17) is 9.90 Å². The number of aromatic nitrogens is 4. The SMILES string of the molecule is O=C(NCC1CC1)c1n[nH]c2c1CN(C(=O)c1csnn1)CC2.O=C(O)C(F)(F)F. The Hall–Kier alpha value is -3.03. The van der Waals surface area contributed by atoms with E-state index in [2.05, 4.69) is 25.1 Å². The summed E-state index contributed by atoms with van der Waals surface area (Å²) in [5, 5.41) is 22.6. The lowest BCUT2D eigenvalue weighted by Gasteiger charge is -2.26. The first-order valence-electron chi connectivity index (χ1n) is 8.87. The molecule has 3 N–H and O–H groups in total. The number of fused-ring (bicyclic) bond motifs is 1. The van der Waals surface area contributed by atoms with Gasteiger partial charge in [0.1, 0.15) is 0 Å². The first-order chi connectivity index (χ1) is 14.2. The number of nitrogens with zero attached hydrogens (tertiary/aromatic N) is 4. The van der Waals surface area contributed by atoms with Gasteiger partial charge in [0, 0.05) is 36.1 Å². The van der Waals surface area contributed by atoms with Crippen LogP contribution in [0.2, 0.25) is 0 Å². The molecule has 1 saturated carbocycles. The first-order valence-corrected chi connectivity index (χ1v) is 9.71. The lowest BCUT2D eigenvalue weighted by molar-refractivity contribution is -0.192. The van der Waals surface area contributed by atoms with Crippen LogP contribution in [0.25, 0.3) is 0 Å². The second-order valence-electron chi connectivity index (χ2n) is 6.75. The second-order valence-corrected chi connectivity index (χ2v) is 7.36. The van der Waals surface area contributed by atoms with Crippen molar-refractivity contribution >= 4 is 29.3 Å². The Morgan fingerprint density at radius 2 is 2.03 bits per heavy atom. The van der Waals surface area contributed by atoms with E-state index in [1.807, 2.05) is 0 Å². The quantitative estimate of drug-likeness (QED) is 0.641. The molecule has 0 spiro atoms. The van der Waals surface area contributed by atoms with Gasteiger partial charge in [-0.25, -0.2) is 4.79 Å². The van der Waals surface area contributed by atoms with Crippen molar-refractivity contribution in [2.24, 2.45) is 5.92 Å². The Bertz CT molecular complexity index is 926. The second kappa shape index (κ2) is 8.77. The van der Waals surface area contributed by atoms with Crippen LogP contribution in [0.4, 0.5) is 13.2 Å². The van der Waals surface area contributed by atoms with Crippen LogP contribution in [0.5, 0.6) is 0 Å². The first kappa shape index (κ1) is 21.7. The smallest absolute Gasteiger partial charge is 0.475 e. The predicted molar refractivity (Wildman–Crippen MR) is 95.7 cm³/mol. The molecular formula is C16H17F3N6O4S. The number of amides is 2. The van der Waals surface area contributed by atoms with Gasteiger partial charge in [0.15, 0.2) is 11.4 Å². The fourth-order valence-corrected chi connectivity index (χ4v) is 3.15. The summed E-state index contributed by atoms with van der Waals surface area (Å²) >= 11 is 1.15. The fraction of sp³-hybridized carbons (Fsp3) is 0.500. The normalized spacial score (nSPS) is 15.6. The summed E-state index contributed by atoms with van der Waals surface area (Å²) < 4.78 is 35.5. The van der Waals surface area contributed by atoms with Crippen LogP contribution in [-0.4, -0.2) is 66.8 Å². The van der Waals surface area contributed by atoms with Gasteiger partial charge in [-0.2, -0.15) is 18.3 Å². The third kappa shape index (κ3) is 5.31. The lowest BCUT2D eigenvalue weighted by Crippen LogP contribution is -2.37. The van der Waals surface area contributed by atoms with E-state index in [9.17, 15) is 22.8 Å². The van der Waals surface area contributed by atoms with Gasteiger partial charge in [0.2, 0.25) is 0 Å². The zero-order chi connectivity index (χ0) is 21.9. The van der Waals surface area contributed by atoms with E-state index in [1.165, 1.54) is 12.8 Å². The van der Waals surface area contributed by atoms with Gasteiger partial charge < -0.3 is 15.3 Å². The maximum atomic E-state index is 12.4. The Morgan fingerprint density at radius 1 is 1.33 bits per heavy atom. The average molecular weight is 446 g/mol. The highest BCUT2D eigenvalue weighted by Crippen LogP contribution is 2.28. The molecule has 10 nitrogen and oxygen atoms in total. The maximum absolute atomic E-state index is 12.4. The van der Waals surface area contributed by atoms with Crippen molar-refractivity contribution in [1.82, 2.24) is 30.0 Å². The van der Waals surface area contributed by atoms with Crippen LogP contribution in [0.15, 0.2) is 5.38 Å². The number of halogens is 3. The van der Waals surface area contributed by atoms with Crippen molar-refractivity contribution in [1.29, 1.82) is 0 Å². The van der Waals surface area contributed by atoms with Crippen LogP contribution in [0.3, 0.4) is 0 Å². The topological polar surface area (TPSA) is 141 Å². The summed E-state index contributed by atoms with van der Waals surface area (Å²) in [6.07, 6.45) is -2.06. The number of nitrogens with one attached hydrogen (secondary N) is 2. The standard InChI is InChI=1S/C14H16N6O2S.C2HF3O2/c21-13(15-5-8-1-2-8)12-9-6-20(4-3-10(9)16-18-12)14(22)11-7-23-19-17-11;3-2(4,5)1(6)7/h7-8H,1-6H2,(H,15,21)(H,16,18);(H,6,7). The van der Waals surface area contributed by atoms with Crippen LogP contribution in [-0.2, 0) is 17.8 Å². The molecule has 0 bridgehead atoms. The molecule has 0 aromatic carbocycles. The van der Waals surface area contributed by atoms with Gasteiger partial charge in [-0.1, -0.05) is 4.49 Å². The van der Waals surface area contributed by atoms with Crippen molar-refractivity contribution in [3.8, 4) is 0 Å². The number of aromatic amines is 1. The molecule has 30 heavy (non-hydrogen) atoms. The summed E-state index contributed by atoms with van der Waals surface area (Å²) in [6.45, 7) is 1.65. The summed E-state index contributed by atoms with van der Waals surface area (Å²) in [5.74, 6) is -2.47. The van der Waals surface area contributed by atoms with Gasteiger partial charge in [0.05, 0.1) is 6.54 Å². The van der Waals surface area contributed by atoms with E-state index < -0.39 is 12.1 Å². The van der Waals surface area contributed by atoms with E-state index in [0.717, 1.165) is 22.8 Å². The minimum atomic E-state index is -5.08. The fourth-order valence-electron chi connectivity index (χ4n) is 2.72. The third-order valence-corrected chi connectivity index (χ3v) is 5.01. The molecule has 162 valence electrons. The van der Waals surface area contributed by atoms with Crippen molar-refractivity contribution in [2.75, 3.05) is 13.1 Å². The molecule has 1 aliphatic carbocycles. The molecule has 1 aliphatic heterocycles. The summed E-state index contributed by atoms with van der Waals surface area (Å²) in [4.78, 5) is 35.3. The lowest BCUT2D eigenvalue weighted by atomic mass is 10.0. The number of hydrogen-bond donors (Lipinski definition) is 3. The van der Waals surface area contributed by atoms with Crippen LogP contribution >= 0.6 is 11.5 Å². The number of rotatable bonds is 4. The molecular weight excluding hydrogens is 429 g/mol. The molecule has 4 rings (SSSR count). The molecule has 0 unspecified atom stereocenters. The van der Waals surface area contributed by atoms with Gasteiger partial charge in [-0.05, 0) is 30.3 Å². The molecule has 0 radical (unpaired) electrons. The zero-order valence-corrected chi connectivity index (χ0v) is 16.2. The zero-order valence-electron chi connectivity index (χ0n) is 15.4. The van der Waals surface area contributed by atoms with E-state index >= 15 is 0 Å². The molecule has 14 heteroatoms. The van der Waals surface area contributed by atoms with Crippen LogP contribution in [0.1, 0.15) is 45.1 Å². The highest BCUT2D eigenvalue weighted by molar-refractivity contribution is 7.03. The number of carbonyl (C=O) groups excluding carboxylic acids is 2. The Balaban J connectivity index is 0.000000318. The number of carbonyl (C=O) groups is 3. The van der Waals surface area contributed by atoms with E-state index in [0.29, 0.717) is 43.4 Å². The number of carboxylic acid groups (broad SMARTS) is 1. The average Bonchev–Trinajstić information content (AvgIpc) is 3.18. The molecule has 1 fully saturated rings. The number of hydrogen-bond acceptors (Lipinski definition) is 7. The Morgan fingerprint density at radius 3 is 2.60 bits per heavy atom. The number of aliphatic carboxylic acids is 1. The molecule has 2 aromatic rings. The Labute approximate surface area is 171 Å². The van der Waals surface area contributed by atoms with Crippen molar-refractivity contribution < 1.29 is 32.7 Å². The largest absolute Gasteiger partial charge is 0.490 e. The van der Waals surface area contributed by atoms with Gasteiger partial charge in [0.25, 0.3) is 11.8 Å². The van der Waals surface area contributed by atoms with Crippen molar-refractivity contribution in [2.45, 2.75) is 32.0 Å². The van der Waals surface area contributed by atoms with Gasteiger partial charge >= 0.3 is 12.1 Å². The van der Waals surface area contributed by atoms with Crippen molar-refractivity contribution in [3.63, 3.8) is 0 Å². The van der Waals surface area contributed by atoms with E-state index in [-0.39, 0.29) is 11.8 Å².